The second kappa shape index (κ2) is 9.15. The molecule has 31 heavy (non-hydrogen) atoms. The van der Waals surface area contributed by atoms with Gasteiger partial charge in [0.2, 0.25) is 15.9 Å². The second-order valence-electron chi connectivity index (χ2n) is 8.00. The summed E-state index contributed by atoms with van der Waals surface area (Å²) < 4.78 is 27.6. The maximum atomic E-state index is 13.1. The smallest absolute Gasteiger partial charge is 0.271 e. The molecule has 4 rings (SSSR count). The molecule has 8 nitrogen and oxygen atoms in total. The van der Waals surface area contributed by atoms with Crippen molar-refractivity contribution in [2.45, 2.75) is 43.4 Å². The van der Waals surface area contributed by atoms with Gasteiger partial charge in [-0.2, -0.15) is 4.31 Å². The average Bonchev–Trinajstić information content (AvgIpc) is 2.82. The summed E-state index contributed by atoms with van der Waals surface area (Å²) in [7, 11) is -3.58. The quantitative estimate of drug-likeness (QED) is 0.702. The summed E-state index contributed by atoms with van der Waals surface area (Å²) >= 11 is 0. The number of hydrogen-bond donors (Lipinski definition) is 2. The molecule has 1 aromatic heterocycles. The van der Waals surface area contributed by atoms with E-state index in [1.807, 2.05) is 12.1 Å². The van der Waals surface area contributed by atoms with Gasteiger partial charge in [-0.25, -0.2) is 8.42 Å². The SMILES string of the molecule is O=C(NNC(=O)C1CCN(S(=O)(=O)c2ccc3c(c2)CCCC3)CC1)c1cccnc1. The molecule has 1 aliphatic heterocycles. The molecule has 0 atom stereocenters. The van der Waals surface area contributed by atoms with Gasteiger partial charge in [-0.05, 0) is 73.9 Å². The van der Waals surface area contributed by atoms with Crippen LogP contribution in [0.15, 0.2) is 47.6 Å². The summed E-state index contributed by atoms with van der Waals surface area (Å²) in [5.74, 6) is -1.12. The number of nitrogens with zero attached hydrogens (tertiary/aromatic N) is 2. The predicted octanol–water partition coefficient (Wildman–Crippen LogP) is 1.82. The molecule has 0 unspecified atom stereocenters. The summed E-state index contributed by atoms with van der Waals surface area (Å²) in [6.07, 6.45) is 7.94. The summed E-state index contributed by atoms with van der Waals surface area (Å²) in [5, 5.41) is 0. The minimum atomic E-state index is -3.58. The van der Waals surface area contributed by atoms with Crippen molar-refractivity contribution in [3.8, 4) is 0 Å². The highest BCUT2D eigenvalue weighted by molar-refractivity contribution is 7.89. The van der Waals surface area contributed by atoms with Crippen LogP contribution in [-0.2, 0) is 27.7 Å². The van der Waals surface area contributed by atoms with Gasteiger partial charge in [0.1, 0.15) is 0 Å². The summed E-state index contributed by atoms with van der Waals surface area (Å²) in [6.45, 7) is 0.544. The van der Waals surface area contributed by atoms with E-state index in [1.54, 1.807) is 24.4 Å². The molecule has 1 aliphatic carbocycles. The van der Waals surface area contributed by atoms with Crippen molar-refractivity contribution >= 4 is 21.8 Å². The largest absolute Gasteiger partial charge is 0.273 e. The number of hydrogen-bond acceptors (Lipinski definition) is 5. The van der Waals surface area contributed by atoms with Crippen LogP contribution < -0.4 is 10.9 Å². The van der Waals surface area contributed by atoms with Crippen LogP contribution in [-0.4, -0.2) is 42.6 Å². The molecule has 2 N–H and O–H groups in total. The molecule has 1 saturated heterocycles. The number of nitrogens with one attached hydrogen (secondary N) is 2. The van der Waals surface area contributed by atoms with Gasteiger partial charge in [0.05, 0.1) is 10.5 Å². The van der Waals surface area contributed by atoms with Crippen molar-refractivity contribution in [3.05, 3.63) is 59.4 Å². The zero-order chi connectivity index (χ0) is 21.8. The van der Waals surface area contributed by atoms with Gasteiger partial charge < -0.3 is 0 Å². The summed E-state index contributed by atoms with van der Waals surface area (Å²) in [4.78, 5) is 28.6. The van der Waals surface area contributed by atoms with E-state index in [-0.39, 0.29) is 24.9 Å². The monoisotopic (exact) mass is 442 g/mol. The lowest BCUT2D eigenvalue weighted by atomic mass is 9.92. The molecule has 2 amide bonds. The van der Waals surface area contributed by atoms with Gasteiger partial charge in [0, 0.05) is 31.4 Å². The number of piperidine rings is 1. The Kier molecular flexibility index (Phi) is 6.33. The number of aromatic nitrogens is 1. The Balaban J connectivity index is 1.32. The molecule has 9 heteroatoms. The lowest BCUT2D eigenvalue weighted by Gasteiger charge is -2.30. The predicted molar refractivity (Wildman–Crippen MR) is 114 cm³/mol. The van der Waals surface area contributed by atoms with E-state index in [4.69, 9.17) is 0 Å². The van der Waals surface area contributed by atoms with Crippen molar-refractivity contribution in [3.63, 3.8) is 0 Å². The third-order valence-corrected chi connectivity index (χ3v) is 7.90. The standard InChI is InChI=1S/C22H26N4O4S/c27-21(24-25-22(28)19-6-3-11-23-15-19)17-9-12-26(13-10-17)31(29,30)20-8-7-16-4-1-2-5-18(16)14-20/h3,6-8,11,14-15,17H,1-2,4-5,9-10,12-13H2,(H,24,27)(H,25,28). The highest BCUT2D eigenvalue weighted by Crippen LogP contribution is 2.28. The summed E-state index contributed by atoms with van der Waals surface area (Å²) in [6, 6.07) is 8.68. The molecule has 164 valence electrons. The first kappa shape index (κ1) is 21.5. The van der Waals surface area contributed by atoms with E-state index >= 15 is 0 Å². The van der Waals surface area contributed by atoms with Gasteiger partial charge >= 0.3 is 0 Å². The van der Waals surface area contributed by atoms with Crippen LogP contribution in [0.25, 0.3) is 0 Å². The van der Waals surface area contributed by atoms with E-state index < -0.39 is 15.9 Å². The second-order valence-corrected chi connectivity index (χ2v) is 9.94. The molecular weight excluding hydrogens is 416 g/mol. The third-order valence-electron chi connectivity index (χ3n) is 6.01. The number of carbonyl (C=O) groups excluding carboxylic acids is 2. The van der Waals surface area contributed by atoms with Gasteiger partial charge in [0.25, 0.3) is 5.91 Å². The van der Waals surface area contributed by atoms with Crippen molar-refractivity contribution in [2.75, 3.05) is 13.1 Å². The first-order valence-electron chi connectivity index (χ1n) is 10.6. The van der Waals surface area contributed by atoms with Crippen LogP contribution in [0.3, 0.4) is 0 Å². The highest BCUT2D eigenvalue weighted by Gasteiger charge is 2.32. The Hall–Kier alpha value is -2.78. The minimum absolute atomic E-state index is 0.272. The van der Waals surface area contributed by atoms with E-state index in [0.29, 0.717) is 23.3 Å². The number of fused-ring (bicyclic) bond motifs is 1. The summed E-state index contributed by atoms with van der Waals surface area (Å²) in [5.41, 5.74) is 7.53. The minimum Gasteiger partial charge on any atom is -0.273 e. The van der Waals surface area contributed by atoms with Crippen LogP contribution >= 0.6 is 0 Å². The van der Waals surface area contributed by atoms with Gasteiger partial charge in [0.15, 0.2) is 0 Å². The molecule has 2 heterocycles. The molecule has 1 aromatic carbocycles. The lowest BCUT2D eigenvalue weighted by Crippen LogP contribution is -2.48. The third kappa shape index (κ3) is 4.77. The Morgan fingerprint density at radius 1 is 1.00 bits per heavy atom. The molecule has 0 saturated carbocycles. The van der Waals surface area contributed by atoms with Gasteiger partial charge in [-0.15, -0.1) is 0 Å². The van der Waals surface area contributed by atoms with Crippen molar-refractivity contribution in [1.82, 2.24) is 20.1 Å². The lowest BCUT2D eigenvalue weighted by molar-refractivity contribution is -0.126. The van der Waals surface area contributed by atoms with Crippen LogP contribution in [0.1, 0.15) is 47.2 Å². The molecule has 2 aromatic rings. The van der Waals surface area contributed by atoms with Crippen LogP contribution in [0.2, 0.25) is 0 Å². The molecular formula is C22H26N4O4S. The Morgan fingerprint density at radius 2 is 1.74 bits per heavy atom. The number of rotatable bonds is 4. The Morgan fingerprint density at radius 3 is 2.45 bits per heavy atom. The molecule has 0 spiro atoms. The zero-order valence-electron chi connectivity index (χ0n) is 17.2. The number of aryl methyl sites for hydroxylation is 2. The van der Waals surface area contributed by atoms with Crippen molar-refractivity contribution in [2.24, 2.45) is 5.92 Å². The maximum absolute atomic E-state index is 13.1. The van der Waals surface area contributed by atoms with Crippen molar-refractivity contribution < 1.29 is 18.0 Å². The zero-order valence-corrected chi connectivity index (χ0v) is 18.0. The molecule has 0 radical (unpaired) electrons. The number of hydrazine groups is 1. The number of amides is 2. The number of benzene rings is 1. The number of sulfonamides is 1. The Bertz CT molecular complexity index is 1060. The van der Waals surface area contributed by atoms with E-state index in [2.05, 4.69) is 15.8 Å². The van der Waals surface area contributed by atoms with Crippen LogP contribution in [0.5, 0.6) is 0 Å². The van der Waals surface area contributed by atoms with Crippen LogP contribution in [0, 0.1) is 5.92 Å². The molecule has 2 aliphatic rings. The molecule has 0 bridgehead atoms. The van der Waals surface area contributed by atoms with E-state index in [1.165, 1.54) is 16.1 Å². The topological polar surface area (TPSA) is 108 Å². The fourth-order valence-electron chi connectivity index (χ4n) is 4.17. The molecule has 1 fully saturated rings. The highest BCUT2D eigenvalue weighted by atomic mass is 32.2. The average molecular weight is 443 g/mol. The fraction of sp³-hybridized carbons (Fsp3) is 0.409. The van der Waals surface area contributed by atoms with Gasteiger partial charge in [-0.3, -0.25) is 25.4 Å². The van der Waals surface area contributed by atoms with Gasteiger partial charge in [-0.1, -0.05) is 6.07 Å². The number of pyridine rings is 1. The first-order valence-corrected chi connectivity index (χ1v) is 12.0. The van der Waals surface area contributed by atoms with Crippen LogP contribution in [0.4, 0.5) is 0 Å². The maximum Gasteiger partial charge on any atom is 0.271 e. The van der Waals surface area contributed by atoms with E-state index in [0.717, 1.165) is 31.2 Å². The van der Waals surface area contributed by atoms with E-state index in [9.17, 15) is 18.0 Å². The normalized spacial score (nSPS) is 17.5. The fourth-order valence-corrected chi connectivity index (χ4v) is 5.69. The first-order chi connectivity index (χ1) is 14.9. The Labute approximate surface area is 182 Å². The number of carbonyl (C=O) groups is 2. The van der Waals surface area contributed by atoms with Crippen molar-refractivity contribution in [1.29, 1.82) is 0 Å².